The lowest BCUT2D eigenvalue weighted by Crippen LogP contribution is -2.31. The fourth-order valence-corrected chi connectivity index (χ4v) is 1.98. The molecule has 0 radical (unpaired) electrons. The van der Waals surface area contributed by atoms with Gasteiger partial charge < -0.3 is 15.6 Å². The van der Waals surface area contributed by atoms with Crippen LogP contribution >= 0.6 is 0 Å². The highest BCUT2D eigenvalue weighted by Gasteiger charge is 2.33. The van der Waals surface area contributed by atoms with E-state index in [-0.39, 0.29) is 11.3 Å². The monoisotopic (exact) mass is 377 g/mol. The highest BCUT2D eigenvalue weighted by atomic mass is 19.4. The Morgan fingerprint density at radius 1 is 1.11 bits per heavy atom. The number of aliphatic carboxylic acids is 1. The highest BCUT2D eigenvalue weighted by molar-refractivity contribution is 5.85. The first-order valence-electron chi connectivity index (χ1n) is 7.38. The van der Waals surface area contributed by atoms with Gasteiger partial charge in [-0.1, -0.05) is 30.0 Å². The number of nitrogens with one attached hydrogen (secondary N) is 1. The zero-order valence-corrected chi connectivity index (χ0v) is 13.7. The summed E-state index contributed by atoms with van der Waals surface area (Å²) < 4.78 is 44.8. The van der Waals surface area contributed by atoms with E-state index in [9.17, 15) is 18.0 Å². The van der Waals surface area contributed by atoms with Gasteiger partial charge in [-0.3, -0.25) is 5.43 Å². The zero-order chi connectivity index (χ0) is 20.0. The topological polar surface area (TPSA) is 111 Å². The fourth-order valence-electron chi connectivity index (χ4n) is 1.98. The van der Waals surface area contributed by atoms with Crippen molar-refractivity contribution in [3.63, 3.8) is 0 Å². The molecule has 0 spiro atoms. The molecule has 0 fully saturated rings. The predicted molar refractivity (Wildman–Crippen MR) is 90.7 cm³/mol. The van der Waals surface area contributed by atoms with Gasteiger partial charge in [0.25, 0.3) is 0 Å². The summed E-state index contributed by atoms with van der Waals surface area (Å²) in [5.74, 6) is 8.07. The van der Waals surface area contributed by atoms with E-state index in [1.54, 1.807) is 30.3 Å². The van der Waals surface area contributed by atoms with Gasteiger partial charge in [-0.25, -0.2) is 10.6 Å². The van der Waals surface area contributed by atoms with Crippen LogP contribution in [0.4, 0.5) is 13.2 Å². The molecular formula is C18H14F3N3O3. The maximum Gasteiger partial charge on any atom is 0.417 e. The Morgan fingerprint density at radius 3 is 2.33 bits per heavy atom. The van der Waals surface area contributed by atoms with Crippen molar-refractivity contribution in [3.8, 4) is 17.6 Å². The molecule has 2 aromatic rings. The molecule has 6 nitrogen and oxygen atoms in total. The third-order valence-corrected chi connectivity index (χ3v) is 3.24. The van der Waals surface area contributed by atoms with Crippen molar-refractivity contribution in [3.05, 3.63) is 76.8 Å². The minimum absolute atomic E-state index is 0.127. The minimum atomic E-state index is -4.63. The second-order valence-electron chi connectivity index (χ2n) is 5.12. The largest absolute Gasteiger partial charge is 0.476 e. The first kappa shape index (κ1) is 19.7. The van der Waals surface area contributed by atoms with Gasteiger partial charge in [-0.15, -0.1) is 0 Å². The van der Waals surface area contributed by atoms with E-state index in [4.69, 9.17) is 21.4 Å². The van der Waals surface area contributed by atoms with Crippen LogP contribution in [0.15, 0.2) is 60.1 Å². The Labute approximate surface area is 152 Å². The van der Waals surface area contributed by atoms with Crippen molar-refractivity contribution in [2.45, 2.75) is 6.18 Å². The number of hydrogen-bond donors (Lipinski definition) is 4. The van der Waals surface area contributed by atoms with Gasteiger partial charge in [0.1, 0.15) is 5.75 Å². The first-order valence-corrected chi connectivity index (χ1v) is 7.38. The smallest absolute Gasteiger partial charge is 0.417 e. The van der Waals surface area contributed by atoms with E-state index in [2.05, 4.69) is 11.8 Å². The minimum Gasteiger partial charge on any atom is -0.476 e. The number of carbonyl (C=O) groups is 1. The standard InChI is InChI=1S/C18H14F3N3O3/c19-18(20,21)14-9-8-13(27-16(24-23)15(22)17(25)26)10-12(14)7-6-11-4-2-1-3-5-11/h1-5,8-10,24H,22-23H2,(H,25,26)/b16-15+. The van der Waals surface area contributed by atoms with Crippen LogP contribution in [0.25, 0.3) is 0 Å². The second-order valence-corrected chi connectivity index (χ2v) is 5.12. The summed E-state index contributed by atoms with van der Waals surface area (Å²) in [4.78, 5) is 10.9. The van der Waals surface area contributed by atoms with Gasteiger partial charge in [0, 0.05) is 11.1 Å². The van der Waals surface area contributed by atoms with Crippen LogP contribution in [0.1, 0.15) is 16.7 Å². The number of benzene rings is 2. The van der Waals surface area contributed by atoms with E-state index < -0.39 is 29.3 Å². The van der Waals surface area contributed by atoms with Gasteiger partial charge in [0.2, 0.25) is 5.88 Å². The van der Waals surface area contributed by atoms with Crippen molar-refractivity contribution >= 4 is 5.97 Å². The zero-order valence-electron chi connectivity index (χ0n) is 13.7. The molecule has 2 aromatic carbocycles. The quantitative estimate of drug-likeness (QED) is 0.214. The van der Waals surface area contributed by atoms with Crippen LogP contribution in [-0.2, 0) is 11.0 Å². The molecule has 0 heterocycles. The maximum absolute atomic E-state index is 13.2. The summed E-state index contributed by atoms with van der Waals surface area (Å²) >= 11 is 0. The number of carboxylic acids is 1. The predicted octanol–water partition coefficient (Wildman–Crippen LogP) is 2.16. The summed E-state index contributed by atoms with van der Waals surface area (Å²) in [7, 11) is 0. The maximum atomic E-state index is 13.2. The summed E-state index contributed by atoms with van der Waals surface area (Å²) in [6.45, 7) is 0. The summed E-state index contributed by atoms with van der Waals surface area (Å²) in [6, 6.07) is 11.2. The van der Waals surface area contributed by atoms with Gasteiger partial charge in [-0.2, -0.15) is 13.2 Å². The van der Waals surface area contributed by atoms with Crippen LogP contribution in [-0.4, -0.2) is 11.1 Å². The number of nitrogens with two attached hydrogens (primary N) is 2. The molecule has 6 N–H and O–H groups in total. The van der Waals surface area contributed by atoms with Crippen molar-refractivity contribution in [2.75, 3.05) is 0 Å². The van der Waals surface area contributed by atoms with Gasteiger partial charge in [0.15, 0.2) is 5.70 Å². The van der Waals surface area contributed by atoms with Crippen LogP contribution in [0, 0.1) is 11.8 Å². The van der Waals surface area contributed by atoms with E-state index in [1.807, 2.05) is 5.43 Å². The molecule has 0 bridgehead atoms. The van der Waals surface area contributed by atoms with Crippen molar-refractivity contribution < 1.29 is 27.8 Å². The summed E-state index contributed by atoms with van der Waals surface area (Å²) in [5, 5.41) is 8.85. The molecule has 0 atom stereocenters. The second kappa shape index (κ2) is 8.16. The molecule has 0 aliphatic rings. The summed E-state index contributed by atoms with van der Waals surface area (Å²) in [6.07, 6.45) is -4.63. The van der Waals surface area contributed by atoms with Crippen LogP contribution < -0.4 is 21.7 Å². The number of carboxylic acid groups (broad SMARTS) is 1. The molecule has 0 saturated carbocycles. The SMILES string of the molecule is NN/C(Oc1ccc(C(F)(F)F)c(C#Cc2ccccc2)c1)=C(\N)C(=O)O. The molecule has 0 aliphatic heterocycles. The first-order chi connectivity index (χ1) is 12.7. The molecule has 0 unspecified atom stereocenters. The summed E-state index contributed by atoms with van der Waals surface area (Å²) in [5.41, 5.74) is 5.71. The number of rotatable bonds is 4. The Bertz CT molecular complexity index is 930. The fraction of sp³-hybridized carbons (Fsp3) is 0.0556. The average molecular weight is 377 g/mol. The number of hydrogen-bond acceptors (Lipinski definition) is 5. The van der Waals surface area contributed by atoms with Gasteiger partial charge in [0.05, 0.1) is 5.56 Å². The van der Waals surface area contributed by atoms with Crippen molar-refractivity contribution in [2.24, 2.45) is 11.6 Å². The Kier molecular flexibility index (Phi) is 5.95. The Balaban J connectivity index is 2.48. The number of alkyl halides is 3. The molecule has 0 amide bonds. The normalized spacial score (nSPS) is 11.7. The third kappa shape index (κ3) is 5.17. The molecule has 0 saturated heterocycles. The van der Waals surface area contributed by atoms with Crippen molar-refractivity contribution in [1.82, 2.24) is 5.43 Å². The molecule has 140 valence electrons. The van der Waals surface area contributed by atoms with E-state index in [1.165, 1.54) is 0 Å². The molecule has 0 aromatic heterocycles. The lowest BCUT2D eigenvalue weighted by Gasteiger charge is -2.13. The van der Waals surface area contributed by atoms with Gasteiger partial charge in [-0.05, 0) is 30.3 Å². The molecule has 0 aliphatic carbocycles. The van der Waals surface area contributed by atoms with E-state index in [0.717, 1.165) is 18.2 Å². The average Bonchev–Trinajstić information content (AvgIpc) is 2.63. The number of ether oxygens (including phenoxy) is 1. The highest BCUT2D eigenvalue weighted by Crippen LogP contribution is 2.33. The lowest BCUT2D eigenvalue weighted by atomic mass is 10.1. The number of halogens is 3. The van der Waals surface area contributed by atoms with Crippen LogP contribution in [0.5, 0.6) is 5.75 Å². The van der Waals surface area contributed by atoms with Crippen LogP contribution in [0.3, 0.4) is 0 Å². The van der Waals surface area contributed by atoms with Crippen molar-refractivity contribution in [1.29, 1.82) is 0 Å². The van der Waals surface area contributed by atoms with Crippen LogP contribution in [0.2, 0.25) is 0 Å². The number of hydrazine groups is 1. The molecule has 9 heteroatoms. The lowest BCUT2D eigenvalue weighted by molar-refractivity contribution is -0.137. The van der Waals surface area contributed by atoms with E-state index in [0.29, 0.717) is 5.56 Å². The molecular weight excluding hydrogens is 363 g/mol. The van der Waals surface area contributed by atoms with E-state index >= 15 is 0 Å². The Morgan fingerprint density at radius 2 is 1.78 bits per heavy atom. The molecule has 2 rings (SSSR count). The molecule has 27 heavy (non-hydrogen) atoms. The third-order valence-electron chi connectivity index (χ3n) is 3.24. The van der Waals surface area contributed by atoms with Gasteiger partial charge >= 0.3 is 12.1 Å². The Hall–Kier alpha value is -3.64.